The van der Waals surface area contributed by atoms with Crippen molar-refractivity contribution in [2.75, 3.05) is 7.11 Å². The maximum Gasteiger partial charge on any atom is 0.340 e. The van der Waals surface area contributed by atoms with Crippen molar-refractivity contribution in [2.24, 2.45) is 0 Å². The fourth-order valence-electron chi connectivity index (χ4n) is 1.97. The molecule has 1 aliphatic carbocycles. The molecule has 0 fully saturated rings. The first kappa shape index (κ1) is 11.6. The number of hydrogen-bond donors (Lipinski definition) is 1. The summed E-state index contributed by atoms with van der Waals surface area (Å²) < 4.78 is 18.2. The van der Waals surface area contributed by atoms with Crippen LogP contribution in [0, 0.1) is 5.82 Å². The number of benzene rings is 1. The van der Waals surface area contributed by atoms with Gasteiger partial charge in [-0.3, -0.25) is 0 Å². The topological polar surface area (TPSA) is 46.5 Å². The van der Waals surface area contributed by atoms with Crippen LogP contribution < -0.4 is 0 Å². The maximum atomic E-state index is 13.7. The third-order valence-electron chi connectivity index (χ3n) is 2.86. The standard InChI is InChI=1S/C13H13FO3/c1-17-13(16)10-6-8-4-2-3-5-12(15)9(8)7-11(10)14/h5-7,15H,2-4H2,1H3. The predicted octanol–water partition coefficient (Wildman–Crippen LogP) is 2.85. The predicted molar refractivity (Wildman–Crippen MR) is 61.3 cm³/mol. The lowest BCUT2D eigenvalue weighted by molar-refractivity contribution is 0.0595. The van der Waals surface area contributed by atoms with Gasteiger partial charge < -0.3 is 9.84 Å². The minimum atomic E-state index is -0.696. The number of hydrogen-bond acceptors (Lipinski definition) is 3. The minimum Gasteiger partial charge on any atom is -0.508 e. The van der Waals surface area contributed by atoms with Crippen LogP contribution in [0.5, 0.6) is 0 Å². The van der Waals surface area contributed by atoms with Gasteiger partial charge in [0, 0.05) is 5.56 Å². The van der Waals surface area contributed by atoms with E-state index in [2.05, 4.69) is 4.74 Å². The average Bonchev–Trinajstić information content (AvgIpc) is 2.50. The number of aryl methyl sites for hydroxylation is 1. The fourth-order valence-corrected chi connectivity index (χ4v) is 1.97. The minimum absolute atomic E-state index is 0.0767. The van der Waals surface area contributed by atoms with Gasteiger partial charge in [-0.05, 0) is 43.0 Å². The Morgan fingerprint density at radius 2 is 2.24 bits per heavy atom. The molecule has 0 heterocycles. The summed E-state index contributed by atoms with van der Waals surface area (Å²) in [7, 11) is 1.21. The Labute approximate surface area is 98.5 Å². The van der Waals surface area contributed by atoms with Crippen LogP contribution in [0.3, 0.4) is 0 Å². The third-order valence-corrected chi connectivity index (χ3v) is 2.86. The second-order valence-corrected chi connectivity index (χ2v) is 3.96. The van der Waals surface area contributed by atoms with Gasteiger partial charge in [0.05, 0.1) is 12.7 Å². The van der Waals surface area contributed by atoms with Crippen molar-refractivity contribution in [3.05, 3.63) is 40.7 Å². The summed E-state index contributed by atoms with van der Waals surface area (Å²) in [6.45, 7) is 0. The first-order valence-electron chi connectivity index (χ1n) is 5.43. The lowest BCUT2D eigenvalue weighted by Gasteiger charge is -2.09. The summed E-state index contributed by atoms with van der Waals surface area (Å²) in [5, 5.41) is 9.73. The Morgan fingerprint density at radius 1 is 1.47 bits per heavy atom. The zero-order valence-electron chi connectivity index (χ0n) is 9.50. The number of methoxy groups -OCH3 is 1. The van der Waals surface area contributed by atoms with E-state index in [0.29, 0.717) is 12.0 Å². The first-order chi connectivity index (χ1) is 8.13. The molecule has 0 amide bonds. The molecule has 0 bridgehead atoms. The van der Waals surface area contributed by atoms with Gasteiger partial charge in [-0.25, -0.2) is 9.18 Å². The van der Waals surface area contributed by atoms with Crippen LogP contribution in [0.15, 0.2) is 18.2 Å². The lowest BCUT2D eigenvalue weighted by atomic mass is 10.00. The van der Waals surface area contributed by atoms with Crippen LogP contribution in [-0.4, -0.2) is 18.2 Å². The van der Waals surface area contributed by atoms with Crippen LogP contribution in [0.1, 0.15) is 34.3 Å². The Kier molecular flexibility index (Phi) is 3.13. The number of aliphatic hydroxyl groups excluding tert-OH is 1. The largest absolute Gasteiger partial charge is 0.508 e. The average molecular weight is 236 g/mol. The van der Waals surface area contributed by atoms with Crippen LogP contribution >= 0.6 is 0 Å². The summed E-state index contributed by atoms with van der Waals surface area (Å²) in [5.41, 5.74) is 1.16. The van der Waals surface area contributed by atoms with Gasteiger partial charge in [-0.2, -0.15) is 0 Å². The molecule has 0 radical (unpaired) electrons. The van der Waals surface area contributed by atoms with Crippen LogP contribution in [0.25, 0.3) is 5.76 Å². The van der Waals surface area contributed by atoms with Crippen LogP contribution in [-0.2, 0) is 11.2 Å². The quantitative estimate of drug-likeness (QED) is 0.762. The molecule has 90 valence electrons. The van der Waals surface area contributed by atoms with Gasteiger partial charge in [-0.1, -0.05) is 0 Å². The van der Waals surface area contributed by atoms with Gasteiger partial charge in [-0.15, -0.1) is 0 Å². The van der Waals surface area contributed by atoms with Crippen molar-refractivity contribution in [3.63, 3.8) is 0 Å². The molecule has 0 spiro atoms. The number of carbonyl (C=O) groups is 1. The maximum absolute atomic E-state index is 13.7. The van der Waals surface area contributed by atoms with E-state index < -0.39 is 11.8 Å². The summed E-state index contributed by atoms with van der Waals surface area (Å²) in [6, 6.07) is 2.66. The van der Waals surface area contributed by atoms with E-state index in [1.807, 2.05) is 0 Å². The molecule has 17 heavy (non-hydrogen) atoms. The van der Waals surface area contributed by atoms with E-state index in [9.17, 15) is 14.3 Å². The molecule has 1 aromatic carbocycles. The monoisotopic (exact) mass is 236 g/mol. The van der Waals surface area contributed by atoms with Crippen molar-refractivity contribution in [3.8, 4) is 0 Å². The van der Waals surface area contributed by atoms with Crippen molar-refractivity contribution in [1.29, 1.82) is 0 Å². The van der Waals surface area contributed by atoms with E-state index in [4.69, 9.17) is 0 Å². The molecule has 2 rings (SSSR count). The molecule has 0 unspecified atom stereocenters. The van der Waals surface area contributed by atoms with E-state index in [0.717, 1.165) is 18.4 Å². The van der Waals surface area contributed by atoms with E-state index in [-0.39, 0.29) is 11.3 Å². The molecule has 1 aliphatic rings. The zero-order valence-corrected chi connectivity index (χ0v) is 9.50. The van der Waals surface area contributed by atoms with Crippen molar-refractivity contribution >= 4 is 11.7 Å². The summed E-state index contributed by atoms with van der Waals surface area (Å²) in [4.78, 5) is 11.3. The first-order valence-corrected chi connectivity index (χ1v) is 5.43. The number of halogens is 1. The van der Waals surface area contributed by atoms with Gasteiger partial charge >= 0.3 is 5.97 Å². The molecule has 3 nitrogen and oxygen atoms in total. The zero-order chi connectivity index (χ0) is 12.4. The van der Waals surface area contributed by atoms with Gasteiger partial charge in [0.25, 0.3) is 0 Å². The molecular weight excluding hydrogens is 223 g/mol. The molecule has 4 heteroatoms. The summed E-state index contributed by atoms with van der Waals surface area (Å²) in [5.74, 6) is -1.29. The Hall–Kier alpha value is -1.84. The fraction of sp³-hybridized carbons (Fsp3) is 0.308. The van der Waals surface area contributed by atoms with Crippen molar-refractivity contribution in [2.45, 2.75) is 19.3 Å². The molecule has 0 saturated heterocycles. The SMILES string of the molecule is COC(=O)c1cc2c(cc1F)C(O)=CCCC2. The van der Waals surface area contributed by atoms with Gasteiger partial charge in [0.15, 0.2) is 0 Å². The second kappa shape index (κ2) is 4.57. The van der Waals surface area contributed by atoms with Crippen LogP contribution in [0.4, 0.5) is 4.39 Å². The number of carbonyl (C=O) groups excluding carboxylic acids is 1. The number of allylic oxidation sites excluding steroid dienone is 1. The lowest BCUT2D eigenvalue weighted by Crippen LogP contribution is -2.07. The van der Waals surface area contributed by atoms with E-state index >= 15 is 0 Å². The highest BCUT2D eigenvalue weighted by atomic mass is 19.1. The molecule has 0 aliphatic heterocycles. The van der Waals surface area contributed by atoms with Gasteiger partial charge in [0.1, 0.15) is 11.6 Å². The Bertz CT molecular complexity index is 492. The normalized spacial score (nSPS) is 14.6. The number of esters is 1. The Balaban J connectivity index is 2.54. The van der Waals surface area contributed by atoms with E-state index in [1.165, 1.54) is 19.2 Å². The highest BCUT2D eigenvalue weighted by molar-refractivity contribution is 5.90. The second-order valence-electron chi connectivity index (χ2n) is 3.96. The van der Waals surface area contributed by atoms with Crippen molar-refractivity contribution < 1.29 is 19.0 Å². The third kappa shape index (κ3) is 2.16. The molecule has 0 saturated carbocycles. The molecule has 0 aromatic heterocycles. The summed E-state index contributed by atoms with van der Waals surface area (Å²) in [6.07, 6.45) is 3.99. The highest BCUT2D eigenvalue weighted by Crippen LogP contribution is 2.26. The molecule has 0 atom stereocenters. The molecule has 1 N–H and O–H groups in total. The molecule has 1 aromatic rings. The number of aliphatic hydroxyl groups is 1. The smallest absolute Gasteiger partial charge is 0.340 e. The van der Waals surface area contributed by atoms with Crippen LogP contribution in [0.2, 0.25) is 0 Å². The highest BCUT2D eigenvalue weighted by Gasteiger charge is 2.18. The summed E-state index contributed by atoms with van der Waals surface area (Å²) >= 11 is 0. The molecular formula is C13H13FO3. The number of fused-ring (bicyclic) bond motifs is 1. The van der Waals surface area contributed by atoms with Gasteiger partial charge in [0.2, 0.25) is 0 Å². The number of ether oxygens (including phenoxy) is 1. The van der Waals surface area contributed by atoms with Crippen molar-refractivity contribution in [1.82, 2.24) is 0 Å². The van der Waals surface area contributed by atoms with E-state index in [1.54, 1.807) is 6.08 Å². The number of rotatable bonds is 1. The Morgan fingerprint density at radius 3 is 2.94 bits per heavy atom.